The number of rotatable bonds is 2. The number of H-pyrrole nitrogens is 1. The van der Waals surface area contributed by atoms with Crippen LogP contribution in [0.1, 0.15) is 19.0 Å². The fourth-order valence-corrected chi connectivity index (χ4v) is 4.28. The summed E-state index contributed by atoms with van der Waals surface area (Å²) in [5.41, 5.74) is 2.02. The van der Waals surface area contributed by atoms with Gasteiger partial charge in [-0.15, -0.1) is 0 Å². The normalized spacial score (nSPS) is 22.1. The molecule has 3 rings (SSSR count). The fourth-order valence-electron chi connectivity index (χ4n) is 2.73. The Morgan fingerprint density at radius 3 is 3.09 bits per heavy atom. The van der Waals surface area contributed by atoms with Gasteiger partial charge >= 0.3 is 6.03 Å². The molecule has 2 unspecified atom stereocenters. The highest BCUT2D eigenvalue weighted by Gasteiger charge is 2.22. The summed E-state index contributed by atoms with van der Waals surface area (Å²) < 4.78 is 12.9. The lowest BCUT2D eigenvalue weighted by Crippen LogP contribution is -2.41. The number of fused-ring (bicyclic) bond motifs is 1. The number of aromatic amines is 1. The van der Waals surface area contributed by atoms with Crippen LogP contribution in [0, 0.1) is 0 Å². The fraction of sp³-hybridized carbons (Fsp3) is 0.438. The van der Waals surface area contributed by atoms with Crippen LogP contribution in [-0.2, 0) is 17.3 Å². The minimum Gasteiger partial charge on any atom is -0.357 e. The van der Waals surface area contributed by atoms with E-state index in [1.807, 2.05) is 31.2 Å². The molecule has 0 saturated carbocycles. The summed E-state index contributed by atoms with van der Waals surface area (Å²) in [5, 5.41) is 4.23. The van der Waals surface area contributed by atoms with Gasteiger partial charge in [-0.2, -0.15) is 0 Å². The van der Waals surface area contributed by atoms with E-state index in [0.29, 0.717) is 25.4 Å². The number of nitrogens with one attached hydrogen (secondary N) is 2. The molecule has 0 aliphatic carbocycles. The van der Waals surface area contributed by atoms with Crippen LogP contribution in [0.4, 0.5) is 4.79 Å². The minimum atomic E-state index is -0.825. The topological polar surface area (TPSA) is 65.2 Å². The molecular formula is C16H20BrN3O2S. The third kappa shape index (κ3) is 3.95. The van der Waals surface area contributed by atoms with Crippen molar-refractivity contribution in [2.45, 2.75) is 25.1 Å². The molecule has 2 atom stereocenters. The van der Waals surface area contributed by atoms with Gasteiger partial charge in [0.1, 0.15) is 0 Å². The Bertz CT molecular complexity index is 746. The molecule has 7 heteroatoms. The number of hydrogen-bond donors (Lipinski definition) is 2. The lowest BCUT2D eigenvalue weighted by atomic mass is 10.2. The highest BCUT2D eigenvalue weighted by atomic mass is 79.9. The van der Waals surface area contributed by atoms with Gasteiger partial charge in [0, 0.05) is 56.0 Å². The molecule has 1 aromatic heterocycles. The number of nitrogens with zero attached hydrogens (tertiary/aromatic N) is 1. The second-order valence-electron chi connectivity index (χ2n) is 5.86. The smallest absolute Gasteiger partial charge is 0.317 e. The van der Waals surface area contributed by atoms with E-state index in [-0.39, 0.29) is 11.3 Å². The Labute approximate surface area is 146 Å². The van der Waals surface area contributed by atoms with Crippen LogP contribution in [0.15, 0.2) is 28.7 Å². The van der Waals surface area contributed by atoms with E-state index >= 15 is 0 Å². The maximum atomic E-state index is 12.3. The lowest BCUT2D eigenvalue weighted by Gasteiger charge is -2.20. The van der Waals surface area contributed by atoms with Crippen molar-refractivity contribution in [3.63, 3.8) is 0 Å². The van der Waals surface area contributed by atoms with Crippen LogP contribution in [0.25, 0.3) is 10.9 Å². The first-order chi connectivity index (χ1) is 11.0. The third-order valence-corrected chi connectivity index (χ3v) is 6.38. The molecule has 2 heterocycles. The van der Waals surface area contributed by atoms with Crippen molar-refractivity contribution in [2.24, 2.45) is 0 Å². The number of benzene rings is 1. The molecule has 0 spiro atoms. The largest absolute Gasteiger partial charge is 0.357 e. The monoisotopic (exact) mass is 397 g/mol. The van der Waals surface area contributed by atoms with Gasteiger partial charge in [0.15, 0.2) is 0 Å². The summed E-state index contributed by atoms with van der Waals surface area (Å²) >= 11 is 3.46. The maximum Gasteiger partial charge on any atom is 0.317 e. The maximum absolute atomic E-state index is 12.3. The van der Waals surface area contributed by atoms with Gasteiger partial charge in [-0.1, -0.05) is 22.9 Å². The van der Waals surface area contributed by atoms with Crippen molar-refractivity contribution in [3.05, 3.63) is 34.4 Å². The predicted octanol–water partition coefficient (Wildman–Crippen LogP) is 2.98. The Morgan fingerprint density at radius 1 is 1.43 bits per heavy atom. The summed E-state index contributed by atoms with van der Waals surface area (Å²) in [7, 11) is -0.825. The average Bonchev–Trinajstić information content (AvgIpc) is 2.85. The zero-order valence-corrected chi connectivity index (χ0v) is 15.4. The molecule has 23 heavy (non-hydrogen) atoms. The summed E-state index contributed by atoms with van der Waals surface area (Å²) in [6.45, 7) is 3.67. The van der Waals surface area contributed by atoms with Crippen LogP contribution in [0.2, 0.25) is 0 Å². The molecule has 2 amide bonds. The van der Waals surface area contributed by atoms with Crippen LogP contribution >= 0.6 is 15.9 Å². The van der Waals surface area contributed by atoms with Gasteiger partial charge in [0.25, 0.3) is 0 Å². The van der Waals surface area contributed by atoms with Gasteiger partial charge in [-0.25, -0.2) is 4.79 Å². The molecule has 124 valence electrons. The second kappa shape index (κ2) is 7.05. The first kappa shape index (κ1) is 16.5. The Hall–Kier alpha value is -1.34. The summed E-state index contributed by atoms with van der Waals surface area (Å²) in [6, 6.07) is 7.99. The number of amides is 2. The Balaban J connectivity index is 1.60. The van der Waals surface area contributed by atoms with Crippen molar-refractivity contribution in [3.8, 4) is 0 Å². The highest BCUT2D eigenvalue weighted by molar-refractivity contribution is 9.10. The van der Waals surface area contributed by atoms with Gasteiger partial charge in [0.05, 0.1) is 6.54 Å². The standard InChI is InChI=1S/C16H20BrN3O2S/c1-11-4-5-20(6-7-23(11)22)16(21)18-10-14-9-12-8-13(17)2-3-15(12)19-14/h2-3,8-9,11,19H,4-7,10H2,1H3,(H,18,21). The van der Waals surface area contributed by atoms with Gasteiger partial charge in [-0.05, 0) is 30.7 Å². The van der Waals surface area contributed by atoms with E-state index in [1.54, 1.807) is 4.90 Å². The number of halogens is 1. The van der Waals surface area contributed by atoms with E-state index in [0.717, 1.165) is 27.5 Å². The third-order valence-electron chi connectivity index (χ3n) is 4.17. The molecule has 1 saturated heterocycles. The van der Waals surface area contributed by atoms with Crippen molar-refractivity contribution in [1.82, 2.24) is 15.2 Å². The molecule has 1 fully saturated rings. The molecule has 0 bridgehead atoms. The zero-order chi connectivity index (χ0) is 16.4. The van der Waals surface area contributed by atoms with E-state index in [2.05, 4.69) is 26.2 Å². The minimum absolute atomic E-state index is 0.0871. The predicted molar refractivity (Wildman–Crippen MR) is 96.9 cm³/mol. The van der Waals surface area contributed by atoms with Gasteiger partial charge in [-0.3, -0.25) is 4.21 Å². The average molecular weight is 398 g/mol. The lowest BCUT2D eigenvalue weighted by molar-refractivity contribution is 0.200. The molecule has 1 aliphatic heterocycles. The van der Waals surface area contributed by atoms with E-state index in [9.17, 15) is 9.00 Å². The zero-order valence-electron chi connectivity index (χ0n) is 13.0. The number of hydrogen-bond acceptors (Lipinski definition) is 2. The van der Waals surface area contributed by atoms with E-state index in [1.165, 1.54) is 0 Å². The number of carbonyl (C=O) groups excluding carboxylic acids is 1. The Morgan fingerprint density at radius 2 is 2.26 bits per heavy atom. The van der Waals surface area contributed by atoms with Crippen molar-refractivity contribution >= 4 is 43.7 Å². The van der Waals surface area contributed by atoms with Crippen LogP contribution in [-0.4, -0.2) is 44.2 Å². The molecule has 1 aromatic carbocycles. The summed E-state index contributed by atoms with van der Waals surface area (Å²) in [6.07, 6.45) is 0.792. The van der Waals surface area contributed by atoms with Crippen LogP contribution in [0.3, 0.4) is 0 Å². The molecule has 2 N–H and O–H groups in total. The van der Waals surface area contributed by atoms with Gasteiger partial charge < -0.3 is 15.2 Å². The van der Waals surface area contributed by atoms with E-state index < -0.39 is 10.8 Å². The quantitative estimate of drug-likeness (QED) is 0.817. The Kier molecular flexibility index (Phi) is 5.06. The number of aromatic nitrogens is 1. The SMILES string of the molecule is CC1CCN(C(=O)NCc2cc3cc(Br)ccc3[nH]2)CCS1=O. The van der Waals surface area contributed by atoms with Gasteiger partial charge in [0.2, 0.25) is 0 Å². The second-order valence-corrected chi connectivity index (χ2v) is 8.75. The molecule has 0 radical (unpaired) electrons. The molecule has 5 nitrogen and oxygen atoms in total. The molecular weight excluding hydrogens is 378 g/mol. The molecule has 1 aliphatic rings. The van der Waals surface area contributed by atoms with Crippen molar-refractivity contribution < 1.29 is 9.00 Å². The van der Waals surface area contributed by atoms with Crippen molar-refractivity contribution in [2.75, 3.05) is 18.8 Å². The van der Waals surface area contributed by atoms with E-state index in [4.69, 9.17) is 0 Å². The number of urea groups is 1. The first-order valence-electron chi connectivity index (χ1n) is 7.70. The van der Waals surface area contributed by atoms with Crippen molar-refractivity contribution in [1.29, 1.82) is 0 Å². The summed E-state index contributed by atoms with van der Waals surface area (Å²) in [5.74, 6) is 0.564. The highest BCUT2D eigenvalue weighted by Crippen LogP contribution is 2.20. The molecule has 2 aromatic rings. The van der Waals surface area contributed by atoms with Crippen LogP contribution < -0.4 is 5.32 Å². The number of carbonyl (C=O) groups is 1. The first-order valence-corrected chi connectivity index (χ1v) is 9.87. The summed E-state index contributed by atoms with van der Waals surface area (Å²) in [4.78, 5) is 17.4. The van der Waals surface area contributed by atoms with Crippen LogP contribution in [0.5, 0.6) is 0 Å².